The zero-order valence-corrected chi connectivity index (χ0v) is 26.8. The molecule has 0 radical (unpaired) electrons. The molecule has 0 bridgehead atoms. The Morgan fingerprint density at radius 3 is 1.00 bits per heavy atom. The highest BCUT2D eigenvalue weighted by Crippen LogP contribution is 2.18. The first kappa shape index (κ1) is 38.4. The molecule has 4 rings (SSSR count). The van der Waals surface area contributed by atoms with Crippen LogP contribution in [0.5, 0.6) is 0 Å². The summed E-state index contributed by atoms with van der Waals surface area (Å²) in [5, 5.41) is 44.3. The smallest absolute Gasteiger partial charge is 0.341 e. The van der Waals surface area contributed by atoms with Crippen molar-refractivity contribution in [1.29, 1.82) is 0 Å². The fourth-order valence-electron chi connectivity index (χ4n) is 4.55. The van der Waals surface area contributed by atoms with Gasteiger partial charge in [-0.2, -0.15) is 0 Å². The van der Waals surface area contributed by atoms with Crippen LogP contribution in [0, 0.1) is 0 Å². The SMILES string of the molecule is O=C([O-])c1ccccc1C(=O)OCC(OC(=O)c1ccccc1C(=O)[O-])OC(COC(=O)c1ccccc1C(=O)[O-])OC(=O)c1ccccc1C(=O)O. The van der Waals surface area contributed by atoms with Gasteiger partial charge in [-0.3, -0.25) is 4.74 Å². The van der Waals surface area contributed by atoms with Crippen molar-refractivity contribution >= 4 is 47.8 Å². The number of carboxylic acid groups (broad SMARTS) is 4. The Kier molecular flexibility index (Phi) is 12.7. The molecule has 0 aromatic heterocycles. The summed E-state index contributed by atoms with van der Waals surface area (Å²) in [6, 6.07) is 18.7. The van der Waals surface area contributed by atoms with Crippen LogP contribution in [0.15, 0.2) is 97.1 Å². The van der Waals surface area contributed by atoms with Gasteiger partial charge in [-0.05, 0) is 30.3 Å². The van der Waals surface area contributed by atoms with Crippen LogP contribution in [0.1, 0.15) is 82.9 Å². The standard InChI is InChI=1S/C36H26O17/c37-29(38)19-9-1-5-13-23(19)33(45)49-17-27(52-35(47)25-15-7-3-11-21(25)31(41)42)51-28(53-36(48)26-16-8-4-12-22(26)32(43)44)18-50-34(46)24-14-6-2-10-20(24)30(39)40/h1-16,27-28H,17-18H2,(H,37,38)(H,39,40)(H,41,42)(H,43,44)/p-3. The molecule has 2 atom stereocenters. The number of esters is 4. The van der Waals surface area contributed by atoms with Gasteiger partial charge in [-0.1, -0.05) is 66.7 Å². The maximum atomic E-state index is 13.2. The Morgan fingerprint density at radius 1 is 0.434 bits per heavy atom. The summed E-state index contributed by atoms with van der Waals surface area (Å²) < 4.78 is 26.3. The van der Waals surface area contributed by atoms with Crippen molar-refractivity contribution in [3.05, 3.63) is 142 Å². The van der Waals surface area contributed by atoms with E-state index in [2.05, 4.69) is 0 Å². The van der Waals surface area contributed by atoms with Gasteiger partial charge >= 0.3 is 29.8 Å². The Balaban J connectivity index is 1.68. The van der Waals surface area contributed by atoms with Crippen LogP contribution in [0.4, 0.5) is 0 Å². The third-order valence-corrected chi connectivity index (χ3v) is 6.96. The Morgan fingerprint density at radius 2 is 0.698 bits per heavy atom. The molecule has 0 aliphatic rings. The fourth-order valence-corrected chi connectivity index (χ4v) is 4.55. The van der Waals surface area contributed by atoms with Crippen molar-refractivity contribution in [1.82, 2.24) is 0 Å². The predicted octanol–water partition coefficient (Wildman–Crippen LogP) is -0.128. The number of rotatable bonds is 16. The van der Waals surface area contributed by atoms with Crippen molar-refractivity contribution in [2.75, 3.05) is 13.2 Å². The largest absolute Gasteiger partial charge is 0.545 e. The Hall–Kier alpha value is -7.40. The lowest BCUT2D eigenvalue weighted by Gasteiger charge is -2.25. The zero-order valence-electron chi connectivity index (χ0n) is 26.8. The number of benzene rings is 4. The molecule has 4 aromatic carbocycles. The van der Waals surface area contributed by atoms with Gasteiger partial charge in [-0.25, -0.2) is 24.0 Å². The number of carbonyl (C=O) groups is 8. The van der Waals surface area contributed by atoms with Crippen LogP contribution in [-0.4, -0.2) is 78.7 Å². The van der Waals surface area contributed by atoms with E-state index in [1.165, 1.54) is 48.5 Å². The van der Waals surface area contributed by atoms with Gasteiger partial charge < -0.3 is 53.8 Å². The van der Waals surface area contributed by atoms with Crippen LogP contribution in [0.3, 0.4) is 0 Å². The van der Waals surface area contributed by atoms with Gasteiger partial charge in [0.05, 0.1) is 45.7 Å². The van der Waals surface area contributed by atoms with Gasteiger partial charge in [-0.15, -0.1) is 0 Å². The van der Waals surface area contributed by atoms with E-state index < -0.39 is 118 Å². The summed E-state index contributed by atoms with van der Waals surface area (Å²) in [4.78, 5) is 98.8. The lowest BCUT2D eigenvalue weighted by Crippen LogP contribution is -2.38. The summed E-state index contributed by atoms with van der Waals surface area (Å²) >= 11 is 0. The highest BCUT2D eigenvalue weighted by atomic mass is 16.8. The third kappa shape index (κ3) is 9.86. The minimum Gasteiger partial charge on any atom is -0.545 e. The molecule has 0 saturated carbocycles. The van der Waals surface area contributed by atoms with E-state index in [1.54, 1.807) is 0 Å². The van der Waals surface area contributed by atoms with Gasteiger partial charge in [0.15, 0.2) is 13.2 Å². The molecule has 0 spiro atoms. The lowest BCUT2D eigenvalue weighted by molar-refractivity contribution is -0.256. The summed E-state index contributed by atoms with van der Waals surface area (Å²) in [5.74, 6) is -12.2. The first-order chi connectivity index (χ1) is 25.3. The molecule has 4 aromatic rings. The van der Waals surface area contributed by atoms with Gasteiger partial charge in [0.1, 0.15) is 0 Å². The van der Waals surface area contributed by atoms with E-state index >= 15 is 0 Å². The van der Waals surface area contributed by atoms with Crippen molar-refractivity contribution in [3.8, 4) is 0 Å². The van der Waals surface area contributed by atoms with Crippen LogP contribution in [0.25, 0.3) is 0 Å². The monoisotopic (exact) mass is 727 g/mol. The fraction of sp³-hybridized carbons (Fsp3) is 0.111. The zero-order chi connectivity index (χ0) is 38.7. The molecule has 0 heterocycles. The normalized spacial score (nSPS) is 11.6. The van der Waals surface area contributed by atoms with Gasteiger partial charge in [0.2, 0.25) is 12.6 Å². The lowest BCUT2D eigenvalue weighted by atomic mass is 10.1. The molecule has 0 aliphatic heterocycles. The number of hydrogen-bond acceptors (Lipinski definition) is 16. The number of carboxylic acids is 4. The van der Waals surface area contributed by atoms with Crippen LogP contribution >= 0.6 is 0 Å². The van der Waals surface area contributed by atoms with Crippen molar-refractivity contribution in [3.63, 3.8) is 0 Å². The molecule has 53 heavy (non-hydrogen) atoms. The minimum atomic E-state index is -2.17. The maximum absolute atomic E-state index is 13.2. The molecular formula is C36H23O17-3. The van der Waals surface area contributed by atoms with E-state index in [-0.39, 0.29) is 0 Å². The number of aromatic carboxylic acids is 4. The minimum absolute atomic E-state index is 0.504. The second kappa shape index (κ2) is 17.5. The number of ether oxygens (including phenoxy) is 5. The average molecular weight is 728 g/mol. The topological polar surface area (TPSA) is 272 Å². The Bertz CT molecular complexity index is 1940. The predicted molar refractivity (Wildman–Crippen MR) is 166 cm³/mol. The molecular weight excluding hydrogens is 704 g/mol. The number of carbonyl (C=O) groups excluding carboxylic acids is 7. The highest BCUT2D eigenvalue weighted by molar-refractivity contribution is 6.04. The van der Waals surface area contributed by atoms with E-state index in [4.69, 9.17) is 23.7 Å². The molecule has 0 saturated heterocycles. The first-order valence-corrected chi connectivity index (χ1v) is 14.9. The van der Waals surface area contributed by atoms with Crippen LogP contribution < -0.4 is 15.3 Å². The van der Waals surface area contributed by atoms with Gasteiger partial charge in [0.25, 0.3) is 0 Å². The van der Waals surface area contributed by atoms with Crippen LogP contribution in [0.2, 0.25) is 0 Å². The molecule has 272 valence electrons. The van der Waals surface area contributed by atoms with E-state index in [9.17, 15) is 58.8 Å². The average Bonchev–Trinajstić information content (AvgIpc) is 3.15. The quantitative estimate of drug-likeness (QED) is 0.0894. The molecule has 1 N–H and O–H groups in total. The molecule has 2 unspecified atom stereocenters. The molecule has 17 nitrogen and oxygen atoms in total. The molecule has 0 fully saturated rings. The van der Waals surface area contributed by atoms with Crippen molar-refractivity contribution in [2.24, 2.45) is 0 Å². The molecule has 0 aliphatic carbocycles. The van der Waals surface area contributed by atoms with Crippen molar-refractivity contribution in [2.45, 2.75) is 12.6 Å². The van der Waals surface area contributed by atoms with E-state index in [0.29, 0.717) is 0 Å². The second-order valence-corrected chi connectivity index (χ2v) is 10.4. The first-order valence-electron chi connectivity index (χ1n) is 14.9. The van der Waals surface area contributed by atoms with Crippen LogP contribution in [-0.2, 0) is 23.7 Å². The molecule has 17 heteroatoms. The summed E-state index contributed by atoms with van der Waals surface area (Å²) in [6.45, 7) is -2.22. The second-order valence-electron chi connectivity index (χ2n) is 10.4. The van der Waals surface area contributed by atoms with E-state index in [1.807, 2.05) is 0 Å². The molecule has 0 amide bonds. The van der Waals surface area contributed by atoms with E-state index in [0.717, 1.165) is 48.5 Å². The maximum Gasteiger partial charge on any atom is 0.341 e. The highest BCUT2D eigenvalue weighted by Gasteiger charge is 2.30. The number of hydrogen-bond donors (Lipinski definition) is 1. The summed E-state index contributed by atoms with van der Waals surface area (Å²) in [6.07, 6.45) is -4.33. The van der Waals surface area contributed by atoms with Gasteiger partial charge in [0, 0.05) is 16.7 Å². The third-order valence-electron chi connectivity index (χ3n) is 6.96. The van der Waals surface area contributed by atoms with Crippen molar-refractivity contribution < 1.29 is 82.5 Å². The summed E-state index contributed by atoms with van der Waals surface area (Å²) in [5.41, 5.74) is -4.44. The Labute approximate surface area is 297 Å². The summed E-state index contributed by atoms with van der Waals surface area (Å²) in [7, 11) is 0.